The molecule has 0 radical (unpaired) electrons. The number of H-pyrrole nitrogens is 1. The van der Waals surface area contributed by atoms with Crippen LogP contribution in [0, 0.1) is 6.92 Å². The molecule has 0 saturated carbocycles. The third-order valence-electron chi connectivity index (χ3n) is 3.71. The molecule has 108 valence electrons. The Morgan fingerprint density at radius 2 is 2.05 bits per heavy atom. The van der Waals surface area contributed by atoms with Gasteiger partial charge in [-0.15, -0.1) is 0 Å². The van der Waals surface area contributed by atoms with Gasteiger partial charge in [0.05, 0.1) is 6.42 Å². The molecule has 0 bridgehead atoms. The van der Waals surface area contributed by atoms with E-state index in [0.717, 1.165) is 22.3 Å². The van der Waals surface area contributed by atoms with Gasteiger partial charge in [-0.05, 0) is 30.2 Å². The summed E-state index contributed by atoms with van der Waals surface area (Å²) in [5, 5.41) is 5.23. The van der Waals surface area contributed by atoms with Gasteiger partial charge >= 0.3 is 0 Å². The molecule has 1 N–H and O–H groups in total. The van der Waals surface area contributed by atoms with Crippen LogP contribution in [0.25, 0.3) is 22.4 Å². The maximum atomic E-state index is 5.38. The Hall–Kier alpha value is -2.95. The van der Waals surface area contributed by atoms with Gasteiger partial charge in [-0.1, -0.05) is 29.4 Å². The maximum absolute atomic E-state index is 5.38. The van der Waals surface area contributed by atoms with E-state index in [0.29, 0.717) is 18.1 Å². The van der Waals surface area contributed by atoms with Crippen molar-refractivity contribution < 1.29 is 4.52 Å². The second-order valence-corrected chi connectivity index (χ2v) is 5.22. The highest BCUT2D eigenvalue weighted by Crippen LogP contribution is 2.22. The van der Waals surface area contributed by atoms with E-state index in [9.17, 15) is 0 Å². The Morgan fingerprint density at radius 3 is 2.95 bits per heavy atom. The van der Waals surface area contributed by atoms with Crippen LogP contribution in [0.5, 0.6) is 0 Å². The monoisotopic (exact) mass is 290 g/mol. The van der Waals surface area contributed by atoms with Gasteiger partial charge in [0.25, 0.3) is 0 Å². The Labute approximate surface area is 127 Å². The van der Waals surface area contributed by atoms with E-state index < -0.39 is 0 Å². The van der Waals surface area contributed by atoms with Crippen LogP contribution in [0.4, 0.5) is 0 Å². The van der Waals surface area contributed by atoms with Gasteiger partial charge in [0.2, 0.25) is 11.7 Å². The first-order chi connectivity index (χ1) is 10.8. The van der Waals surface area contributed by atoms with Crippen molar-refractivity contribution in [1.82, 2.24) is 20.1 Å². The second-order valence-electron chi connectivity index (χ2n) is 5.22. The van der Waals surface area contributed by atoms with E-state index in [1.807, 2.05) is 37.4 Å². The molecular weight excluding hydrogens is 276 g/mol. The molecule has 0 atom stereocenters. The predicted molar refractivity (Wildman–Crippen MR) is 83.4 cm³/mol. The van der Waals surface area contributed by atoms with E-state index >= 15 is 0 Å². The van der Waals surface area contributed by atoms with Crippen molar-refractivity contribution >= 4 is 10.9 Å². The Kier molecular flexibility index (Phi) is 2.96. The molecule has 4 rings (SSSR count). The molecule has 3 aromatic heterocycles. The molecule has 22 heavy (non-hydrogen) atoms. The first-order valence-corrected chi connectivity index (χ1v) is 7.11. The Balaban J connectivity index is 1.66. The summed E-state index contributed by atoms with van der Waals surface area (Å²) in [6.07, 6.45) is 4.32. The molecule has 0 spiro atoms. The molecule has 3 heterocycles. The van der Waals surface area contributed by atoms with Crippen molar-refractivity contribution in [3.63, 3.8) is 0 Å². The van der Waals surface area contributed by atoms with Gasteiger partial charge in [-0.2, -0.15) is 4.98 Å². The highest BCUT2D eigenvalue weighted by molar-refractivity contribution is 5.83. The number of aromatic amines is 1. The zero-order valence-electron chi connectivity index (χ0n) is 12.1. The molecular formula is C17H14N4O. The zero-order valence-corrected chi connectivity index (χ0v) is 12.1. The van der Waals surface area contributed by atoms with Gasteiger partial charge < -0.3 is 9.51 Å². The molecule has 0 unspecified atom stereocenters. The first-order valence-electron chi connectivity index (χ1n) is 7.11. The van der Waals surface area contributed by atoms with Crippen LogP contribution in [0.1, 0.15) is 17.0 Å². The van der Waals surface area contributed by atoms with Crippen molar-refractivity contribution in [3.05, 3.63) is 65.8 Å². The fourth-order valence-corrected chi connectivity index (χ4v) is 2.58. The summed E-state index contributed by atoms with van der Waals surface area (Å²) < 4.78 is 5.38. The molecule has 0 aliphatic carbocycles. The van der Waals surface area contributed by atoms with Crippen LogP contribution in [0.2, 0.25) is 0 Å². The largest absolute Gasteiger partial charge is 0.361 e. The highest BCUT2D eigenvalue weighted by atomic mass is 16.5. The number of hydrogen-bond donors (Lipinski definition) is 1. The predicted octanol–water partition coefficient (Wildman–Crippen LogP) is 3.51. The van der Waals surface area contributed by atoms with Crippen molar-refractivity contribution in [2.45, 2.75) is 13.3 Å². The van der Waals surface area contributed by atoms with Crippen molar-refractivity contribution in [2.24, 2.45) is 0 Å². The lowest BCUT2D eigenvalue weighted by atomic mass is 10.1. The third kappa shape index (κ3) is 2.16. The van der Waals surface area contributed by atoms with Crippen LogP contribution in [0.15, 0.2) is 53.3 Å². The zero-order chi connectivity index (χ0) is 14.9. The van der Waals surface area contributed by atoms with Crippen molar-refractivity contribution in [2.75, 3.05) is 0 Å². The van der Waals surface area contributed by atoms with Gasteiger partial charge in [-0.25, -0.2) is 0 Å². The average Bonchev–Trinajstić information content (AvgIpc) is 3.16. The molecule has 0 aliphatic rings. The Bertz CT molecular complexity index is 938. The number of para-hydroxylation sites is 1. The van der Waals surface area contributed by atoms with Crippen LogP contribution in [-0.4, -0.2) is 20.1 Å². The summed E-state index contributed by atoms with van der Waals surface area (Å²) in [5.41, 5.74) is 4.04. The lowest BCUT2D eigenvalue weighted by molar-refractivity contribution is 0.386. The molecule has 5 heteroatoms. The number of nitrogens with zero attached hydrogens (tertiary/aromatic N) is 3. The van der Waals surface area contributed by atoms with Crippen molar-refractivity contribution in [1.29, 1.82) is 0 Å². The third-order valence-corrected chi connectivity index (χ3v) is 3.71. The standard InChI is InChI=1S/C17H14N4O/c1-11-5-4-8-18-16(11)17-20-15(22-21-17)9-12-10-19-14-7-3-2-6-13(12)14/h2-8,10,19H,9H2,1H3. The second kappa shape index (κ2) is 5.11. The molecule has 4 aromatic rings. The average molecular weight is 290 g/mol. The summed E-state index contributed by atoms with van der Waals surface area (Å²) in [6.45, 7) is 1.98. The van der Waals surface area contributed by atoms with E-state index in [-0.39, 0.29) is 0 Å². The summed E-state index contributed by atoms with van der Waals surface area (Å²) in [7, 11) is 0. The van der Waals surface area contributed by atoms with E-state index in [1.54, 1.807) is 6.20 Å². The maximum Gasteiger partial charge on any atom is 0.231 e. The number of benzene rings is 1. The van der Waals surface area contributed by atoms with Crippen LogP contribution in [-0.2, 0) is 6.42 Å². The minimum absolute atomic E-state index is 0.535. The van der Waals surface area contributed by atoms with Gasteiger partial charge in [0.15, 0.2) is 0 Å². The topological polar surface area (TPSA) is 67.6 Å². The van der Waals surface area contributed by atoms with Crippen LogP contribution >= 0.6 is 0 Å². The lowest BCUT2D eigenvalue weighted by Crippen LogP contribution is -1.90. The summed E-state index contributed by atoms with van der Waals surface area (Å²) >= 11 is 0. The summed E-state index contributed by atoms with van der Waals surface area (Å²) in [6, 6.07) is 12.0. The van der Waals surface area contributed by atoms with Gasteiger partial charge in [0, 0.05) is 23.3 Å². The smallest absolute Gasteiger partial charge is 0.231 e. The Morgan fingerprint density at radius 1 is 1.14 bits per heavy atom. The number of rotatable bonds is 3. The normalized spacial score (nSPS) is 11.1. The van der Waals surface area contributed by atoms with Crippen LogP contribution in [0.3, 0.4) is 0 Å². The van der Waals surface area contributed by atoms with Crippen LogP contribution < -0.4 is 0 Å². The van der Waals surface area contributed by atoms with Gasteiger partial charge in [0.1, 0.15) is 5.69 Å². The number of aryl methyl sites for hydroxylation is 1. The first kappa shape index (κ1) is 12.8. The molecule has 5 nitrogen and oxygen atoms in total. The van der Waals surface area contributed by atoms with Crippen molar-refractivity contribution in [3.8, 4) is 11.5 Å². The molecule has 0 aliphatic heterocycles. The number of aromatic nitrogens is 4. The molecule has 0 fully saturated rings. The van der Waals surface area contributed by atoms with E-state index in [2.05, 4.69) is 32.2 Å². The molecule has 0 saturated heterocycles. The van der Waals surface area contributed by atoms with E-state index in [4.69, 9.17) is 4.52 Å². The minimum Gasteiger partial charge on any atom is -0.361 e. The quantitative estimate of drug-likeness (QED) is 0.627. The van der Waals surface area contributed by atoms with Gasteiger partial charge in [-0.3, -0.25) is 4.98 Å². The lowest BCUT2D eigenvalue weighted by Gasteiger charge is -1.97. The fraction of sp³-hybridized carbons (Fsp3) is 0.118. The number of hydrogen-bond acceptors (Lipinski definition) is 4. The summed E-state index contributed by atoms with van der Waals surface area (Å²) in [5.74, 6) is 1.12. The van der Waals surface area contributed by atoms with E-state index in [1.165, 1.54) is 5.39 Å². The number of nitrogens with one attached hydrogen (secondary N) is 1. The number of pyridine rings is 1. The fourth-order valence-electron chi connectivity index (χ4n) is 2.58. The highest BCUT2D eigenvalue weighted by Gasteiger charge is 2.13. The SMILES string of the molecule is Cc1cccnc1-c1noc(Cc2c[nH]c3ccccc23)n1. The molecule has 1 aromatic carbocycles. The molecule has 0 amide bonds. The number of fused-ring (bicyclic) bond motifs is 1. The minimum atomic E-state index is 0.535. The summed E-state index contributed by atoms with van der Waals surface area (Å²) in [4.78, 5) is 12.0.